The van der Waals surface area contributed by atoms with Crippen LogP contribution in [0.4, 0.5) is 0 Å². The zero-order valence-electron chi connectivity index (χ0n) is 13.7. The lowest BCUT2D eigenvalue weighted by molar-refractivity contribution is -0.130. The van der Waals surface area contributed by atoms with Crippen molar-refractivity contribution < 1.29 is 21.6 Å². The zero-order valence-corrected chi connectivity index (χ0v) is 15.4. The minimum absolute atomic E-state index is 0.0358. The first-order valence-electron chi connectivity index (χ1n) is 8.46. The van der Waals surface area contributed by atoms with Crippen LogP contribution < -0.4 is 0 Å². The van der Waals surface area contributed by atoms with Gasteiger partial charge < -0.3 is 4.90 Å². The summed E-state index contributed by atoms with van der Waals surface area (Å²) < 4.78 is 48.2. The van der Waals surface area contributed by atoms with E-state index in [-0.39, 0.29) is 17.5 Å². The van der Waals surface area contributed by atoms with E-state index in [1.807, 2.05) is 6.92 Å². The summed E-state index contributed by atoms with van der Waals surface area (Å²) in [5.74, 6) is -0.847. The normalized spacial score (nSPS) is 24.8. The number of carbonyl (C=O) groups excluding carboxylic acids is 1. The fourth-order valence-corrected chi connectivity index (χ4v) is 7.01. The summed E-state index contributed by atoms with van der Waals surface area (Å²) in [6.45, 7) is 2.43. The fraction of sp³-hybridized carbons (Fsp3) is 0.933. The molecule has 134 valence electrons. The molecule has 2 aliphatic rings. The van der Waals surface area contributed by atoms with Crippen LogP contribution in [-0.4, -0.2) is 62.7 Å². The Morgan fingerprint density at radius 2 is 1.83 bits per heavy atom. The van der Waals surface area contributed by atoms with Gasteiger partial charge in [0.2, 0.25) is 5.91 Å². The van der Waals surface area contributed by atoms with Gasteiger partial charge in [-0.25, -0.2) is 16.8 Å². The predicted octanol–water partition coefficient (Wildman–Crippen LogP) is 1.16. The number of amides is 1. The lowest BCUT2D eigenvalue weighted by Crippen LogP contribution is -2.45. The Morgan fingerprint density at radius 3 is 2.35 bits per heavy atom. The van der Waals surface area contributed by atoms with Crippen molar-refractivity contribution in [3.8, 4) is 0 Å². The molecule has 1 saturated heterocycles. The average Bonchev–Trinajstić information content (AvgIpc) is 3.08. The molecule has 1 heterocycles. The molecule has 6 nitrogen and oxygen atoms in total. The maximum atomic E-state index is 12.6. The van der Waals surface area contributed by atoms with Crippen molar-refractivity contribution in [2.45, 2.75) is 63.2 Å². The maximum Gasteiger partial charge on any atom is 0.238 e. The molecule has 0 aromatic heterocycles. The van der Waals surface area contributed by atoms with Gasteiger partial charge in [0.25, 0.3) is 0 Å². The van der Waals surface area contributed by atoms with Gasteiger partial charge >= 0.3 is 0 Å². The number of unbranched alkanes of at least 4 members (excludes halogenated alkanes) is 1. The van der Waals surface area contributed by atoms with Crippen LogP contribution in [0, 0.1) is 0 Å². The van der Waals surface area contributed by atoms with E-state index >= 15 is 0 Å². The van der Waals surface area contributed by atoms with Gasteiger partial charge in [-0.3, -0.25) is 4.79 Å². The SMILES string of the molecule is CCCCN(C(=O)CS(=O)(=O)C1CCCC1)[C@@H]1CCS(=O)(=O)C1. The van der Waals surface area contributed by atoms with Crippen molar-refractivity contribution in [1.82, 2.24) is 4.90 Å². The summed E-state index contributed by atoms with van der Waals surface area (Å²) in [5, 5.41) is -0.396. The Labute approximate surface area is 139 Å². The summed E-state index contributed by atoms with van der Waals surface area (Å²) in [6, 6.07) is -0.363. The van der Waals surface area contributed by atoms with Gasteiger partial charge in [-0.2, -0.15) is 0 Å². The molecule has 2 rings (SSSR count). The van der Waals surface area contributed by atoms with Crippen LogP contribution in [0.25, 0.3) is 0 Å². The number of hydrogen-bond acceptors (Lipinski definition) is 5. The molecule has 1 amide bonds. The molecule has 23 heavy (non-hydrogen) atoms. The highest BCUT2D eigenvalue weighted by atomic mass is 32.2. The van der Waals surface area contributed by atoms with E-state index < -0.39 is 36.6 Å². The number of hydrogen-bond donors (Lipinski definition) is 0. The number of carbonyl (C=O) groups is 1. The van der Waals surface area contributed by atoms with Crippen LogP contribution in [-0.2, 0) is 24.5 Å². The summed E-state index contributed by atoms with van der Waals surface area (Å²) in [5.41, 5.74) is 0. The molecule has 1 aliphatic heterocycles. The van der Waals surface area contributed by atoms with Crippen LogP contribution in [0.5, 0.6) is 0 Å². The second kappa shape index (κ2) is 7.51. The topological polar surface area (TPSA) is 88.6 Å². The van der Waals surface area contributed by atoms with E-state index in [0.717, 1.165) is 25.7 Å². The Kier molecular flexibility index (Phi) is 6.10. The molecule has 1 aliphatic carbocycles. The third-order valence-corrected chi connectivity index (χ3v) is 8.74. The van der Waals surface area contributed by atoms with Gasteiger partial charge in [-0.05, 0) is 25.7 Å². The smallest absolute Gasteiger partial charge is 0.238 e. The number of sulfone groups is 2. The average molecular weight is 366 g/mol. The molecule has 0 aromatic rings. The van der Waals surface area contributed by atoms with E-state index in [1.165, 1.54) is 4.90 Å². The molecule has 1 saturated carbocycles. The molecule has 0 bridgehead atoms. The van der Waals surface area contributed by atoms with Gasteiger partial charge in [0.1, 0.15) is 5.75 Å². The summed E-state index contributed by atoms with van der Waals surface area (Å²) >= 11 is 0. The molecular formula is C15H27NO5S2. The van der Waals surface area contributed by atoms with E-state index in [1.54, 1.807) is 0 Å². The van der Waals surface area contributed by atoms with Crippen LogP contribution >= 0.6 is 0 Å². The molecule has 0 radical (unpaired) electrons. The molecule has 0 unspecified atom stereocenters. The largest absolute Gasteiger partial charge is 0.338 e. The lowest BCUT2D eigenvalue weighted by Gasteiger charge is -2.28. The van der Waals surface area contributed by atoms with Crippen LogP contribution in [0.1, 0.15) is 51.9 Å². The second-order valence-electron chi connectivity index (χ2n) is 6.71. The minimum Gasteiger partial charge on any atom is -0.338 e. The van der Waals surface area contributed by atoms with E-state index in [4.69, 9.17) is 0 Å². The van der Waals surface area contributed by atoms with Crippen LogP contribution in [0.2, 0.25) is 0 Å². The summed E-state index contributed by atoms with van der Waals surface area (Å²) in [7, 11) is -6.53. The van der Waals surface area contributed by atoms with Crippen molar-refractivity contribution in [3.63, 3.8) is 0 Å². The highest BCUT2D eigenvalue weighted by Gasteiger charge is 2.37. The first-order chi connectivity index (χ1) is 10.7. The highest BCUT2D eigenvalue weighted by Crippen LogP contribution is 2.26. The molecule has 2 fully saturated rings. The third kappa shape index (κ3) is 4.92. The van der Waals surface area contributed by atoms with E-state index in [2.05, 4.69) is 0 Å². The van der Waals surface area contributed by atoms with Gasteiger partial charge in [0.05, 0.1) is 16.8 Å². The Balaban J connectivity index is 2.07. The molecule has 0 aromatic carbocycles. The summed E-state index contributed by atoms with van der Waals surface area (Å²) in [6.07, 6.45) is 5.13. The van der Waals surface area contributed by atoms with Crippen LogP contribution in [0.15, 0.2) is 0 Å². The van der Waals surface area contributed by atoms with Gasteiger partial charge in [-0.1, -0.05) is 26.2 Å². The van der Waals surface area contributed by atoms with Gasteiger partial charge in [-0.15, -0.1) is 0 Å². The molecule has 8 heteroatoms. The van der Waals surface area contributed by atoms with Crippen molar-refractivity contribution in [2.75, 3.05) is 23.8 Å². The van der Waals surface area contributed by atoms with Gasteiger partial charge in [0, 0.05) is 12.6 Å². The van der Waals surface area contributed by atoms with E-state index in [0.29, 0.717) is 25.8 Å². The molecule has 0 N–H and O–H groups in total. The Hall–Kier alpha value is -0.630. The Bertz CT molecular complexity index is 620. The second-order valence-corrected chi connectivity index (χ2v) is 11.2. The Morgan fingerprint density at radius 1 is 1.17 bits per heavy atom. The molecule has 0 spiro atoms. The van der Waals surface area contributed by atoms with Crippen molar-refractivity contribution in [1.29, 1.82) is 0 Å². The quantitative estimate of drug-likeness (QED) is 0.675. The summed E-state index contributed by atoms with van der Waals surface area (Å²) in [4.78, 5) is 14.1. The predicted molar refractivity (Wildman–Crippen MR) is 89.7 cm³/mol. The third-order valence-electron chi connectivity index (χ3n) is 4.86. The number of nitrogens with zero attached hydrogens (tertiary/aromatic N) is 1. The first kappa shape index (κ1) is 18.7. The van der Waals surface area contributed by atoms with E-state index in [9.17, 15) is 21.6 Å². The highest BCUT2D eigenvalue weighted by molar-refractivity contribution is 7.92. The maximum absolute atomic E-state index is 12.6. The van der Waals surface area contributed by atoms with Crippen molar-refractivity contribution in [3.05, 3.63) is 0 Å². The molecular weight excluding hydrogens is 338 g/mol. The van der Waals surface area contributed by atoms with Crippen molar-refractivity contribution >= 4 is 25.6 Å². The zero-order chi connectivity index (χ0) is 17.1. The monoisotopic (exact) mass is 365 g/mol. The lowest BCUT2D eigenvalue weighted by atomic mass is 10.2. The standard InChI is InChI=1S/C15H27NO5S2/c1-2-3-9-16(13-8-10-22(18,19)11-13)15(17)12-23(20,21)14-6-4-5-7-14/h13-14H,2-12H2,1H3/t13-/m1/s1. The first-order valence-corrected chi connectivity index (χ1v) is 12.0. The minimum atomic E-state index is -3.43. The van der Waals surface area contributed by atoms with Crippen LogP contribution in [0.3, 0.4) is 0 Å². The number of rotatable bonds is 7. The van der Waals surface area contributed by atoms with Gasteiger partial charge in [0.15, 0.2) is 19.7 Å². The molecule has 1 atom stereocenters. The van der Waals surface area contributed by atoms with Crippen molar-refractivity contribution in [2.24, 2.45) is 0 Å². The fourth-order valence-electron chi connectivity index (χ4n) is 3.48.